The van der Waals surface area contributed by atoms with Crippen LogP contribution in [0.5, 0.6) is 0 Å². The number of fused-ring (bicyclic) bond motifs is 1. The molecule has 3 aromatic rings. The molecule has 2 aromatic carbocycles. The van der Waals surface area contributed by atoms with Gasteiger partial charge in [0.2, 0.25) is 0 Å². The van der Waals surface area contributed by atoms with Crippen molar-refractivity contribution >= 4 is 29.2 Å². The maximum absolute atomic E-state index is 7.21. The molecule has 0 unspecified atom stereocenters. The lowest BCUT2D eigenvalue weighted by molar-refractivity contribution is 0.00578. The Bertz CT molecular complexity index is 1020. The van der Waals surface area contributed by atoms with E-state index in [0.29, 0.717) is 5.69 Å². The van der Waals surface area contributed by atoms with Gasteiger partial charge < -0.3 is 9.31 Å². The lowest BCUT2D eigenvalue weighted by atomic mass is 9.79. The molecule has 1 aliphatic heterocycles. The molecule has 1 aliphatic rings. The maximum Gasteiger partial charge on any atom is 0.494 e. The Hall–Kier alpha value is -2.62. The van der Waals surface area contributed by atoms with Crippen LogP contribution >= 0.6 is 0 Å². The lowest BCUT2D eigenvalue weighted by Gasteiger charge is -2.32. The van der Waals surface area contributed by atoms with Crippen LogP contribution in [0.1, 0.15) is 27.7 Å². The molecule has 0 spiro atoms. The largest absolute Gasteiger partial charge is 0.494 e. The number of hydrogen-bond acceptors (Lipinski definition) is 3. The van der Waals surface area contributed by atoms with E-state index in [1.165, 1.54) is 0 Å². The number of benzene rings is 2. The summed E-state index contributed by atoms with van der Waals surface area (Å²) >= 11 is 0. The average molecular weight is 345 g/mol. The zero-order valence-electron chi connectivity index (χ0n) is 15.4. The van der Waals surface area contributed by atoms with E-state index in [0.717, 1.165) is 22.1 Å². The van der Waals surface area contributed by atoms with Crippen LogP contribution in [0, 0.1) is 6.57 Å². The standard InChI is InChI=1S/C20H20BN3O2/c1-19(2)20(3,4)26-21(25-19)15-10-9-14-13-23-24(18(14)11-15)17-8-6-7-16(12-17)22-5/h6-13H,1-4H3. The fraction of sp³-hybridized carbons (Fsp3) is 0.300. The predicted molar refractivity (Wildman–Crippen MR) is 103 cm³/mol. The van der Waals surface area contributed by atoms with Crippen molar-refractivity contribution in [2.75, 3.05) is 0 Å². The molecule has 0 radical (unpaired) electrons. The average Bonchev–Trinajstić information content (AvgIpc) is 3.12. The Balaban J connectivity index is 1.78. The monoisotopic (exact) mass is 345 g/mol. The van der Waals surface area contributed by atoms with Gasteiger partial charge in [-0.1, -0.05) is 24.3 Å². The van der Waals surface area contributed by atoms with Gasteiger partial charge in [0.15, 0.2) is 5.69 Å². The minimum atomic E-state index is -0.415. The Kier molecular flexibility index (Phi) is 3.69. The molecule has 1 saturated heterocycles. The van der Waals surface area contributed by atoms with Crippen LogP contribution in [0.2, 0.25) is 0 Å². The van der Waals surface area contributed by atoms with Crippen LogP contribution in [-0.4, -0.2) is 28.1 Å². The van der Waals surface area contributed by atoms with Crippen molar-refractivity contribution in [3.05, 3.63) is 60.1 Å². The summed E-state index contributed by atoms with van der Waals surface area (Å²) in [7, 11) is -0.415. The van der Waals surface area contributed by atoms with Gasteiger partial charge in [0.05, 0.1) is 35.2 Å². The smallest absolute Gasteiger partial charge is 0.399 e. The van der Waals surface area contributed by atoms with E-state index in [4.69, 9.17) is 15.9 Å². The van der Waals surface area contributed by atoms with Crippen molar-refractivity contribution in [2.45, 2.75) is 38.9 Å². The highest BCUT2D eigenvalue weighted by atomic mass is 16.7. The molecular weight excluding hydrogens is 325 g/mol. The molecule has 0 aliphatic carbocycles. The Morgan fingerprint density at radius 2 is 1.77 bits per heavy atom. The van der Waals surface area contributed by atoms with Crippen molar-refractivity contribution in [3.63, 3.8) is 0 Å². The lowest BCUT2D eigenvalue weighted by Crippen LogP contribution is -2.41. The van der Waals surface area contributed by atoms with Gasteiger partial charge in [-0.3, -0.25) is 0 Å². The summed E-state index contributed by atoms with van der Waals surface area (Å²) in [6.45, 7) is 15.4. The summed E-state index contributed by atoms with van der Waals surface area (Å²) in [4.78, 5) is 3.50. The summed E-state index contributed by atoms with van der Waals surface area (Å²) in [5.41, 5.74) is 2.61. The van der Waals surface area contributed by atoms with E-state index in [-0.39, 0.29) is 11.2 Å². The SMILES string of the molecule is [C-]#[N+]c1cccc(-n2ncc3ccc(B4OC(C)(C)C(C)(C)O4)cc32)c1. The summed E-state index contributed by atoms with van der Waals surface area (Å²) in [5, 5.41) is 5.52. The Morgan fingerprint density at radius 3 is 2.46 bits per heavy atom. The first kappa shape index (κ1) is 16.8. The van der Waals surface area contributed by atoms with Gasteiger partial charge in [-0.05, 0) is 51.4 Å². The molecule has 0 bridgehead atoms. The van der Waals surface area contributed by atoms with Crippen LogP contribution in [0.4, 0.5) is 5.69 Å². The minimum Gasteiger partial charge on any atom is -0.399 e. The van der Waals surface area contributed by atoms with E-state index in [1.54, 1.807) is 6.07 Å². The van der Waals surface area contributed by atoms with Crippen molar-refractivity contribution in [3.8, 4) is 5.69 Å². The van der Waals surface area contributed by atoms with Crippen molar-refractivity contribution in [1.29, 1.82) is 0 Å². The topological polar surface area (TPSA) is 40.6 Å². The number of aromatic nitrogens is 2. The Labute approximate surface area is 153 Å². The second-order valence-electron chi connectivity index (χ2n) is 7.59. The van der Waals surface area contributed by atoms with Crippen LogP contribution in [0.25, 0.3) is 21.4 Å². The fourth-order valence-corrected chi connectivity index (χ4v) is 3.06. The fourth-order valence-electron chi connectivity index (χ4n) is 3.06. The molecule has 4 rings (SSSR count). The molecular formula is C20H20BN3O2. The minimum absolute atomic E-state index is 0.378. The molecule has 0 N–H and O–H groups in total. The highest BCUT2D eigenvalue weighted by Crippen LogP contribution is 2.36. The third kappa shape index (κ3) is 2.61. The van der Waals surface area contributed by atoms with Gasteiger partial charge in [0.25, 0.3) is 0 Å². The van der Waals surface area contributed by atoms with Crippen molar-refractivity contribution in [2.24, 2.45) is 0 Å². The first-order valence-corrected chi connectivity index (χ1v) is 8.62. The molecule has 5 nitrogen and oxygen atoms in total. The normalized spacial score (nSPS) is 18.2. The van der Waals surface area contributed by atoms with Crippen molar-refractivity contribution < 1.29 is 9.31 Å². The van der Waals surface area contributed by atoms with Crippen LogP contribution in [0.15, 0.2) is 48.7 Å². The third-order valence-corrected chi connectivity index (χ3v) is 5.32. The van der Waals surface area contributed by atoms with Gasteiger partial charge in [0.1, 0.15) is 0 Å². The predicted octanol–water partition coefficient (Wildman–Crippen LogP) is 3.88. The molecule has 0 atom stereocenters. The summed E-state index contributed by atoms with van der Waals surface area (Å²) < 4.78 is 14.2. The molecule has 26 heavy (non-hydrogen) atoms. The van der Waals surface area contributed by atoms with Crippen LogP contribution < -0.4 is 5.46 Å². The summed E-state index contributed by atoms with van der Waals surface area (Å²) in [5.74, 6) is 0. The van der Waals surface area contributed by atoms with E-state index >= 15 is 0 Å². The van der Waals surface area contributed by atoms with Crippen LogP contribution in [0.3, 0.4) is 0 Å². The number of hydrogen-bond donors (Lipinski definition) is 0. The second kappa shape index (κ2) is 5.70. The second-order valence-corrected chi connectivity index (χ2v) is 7.59. The first-order chi connectivity index (χ1) is 12.3. The summed E-state index contributed by atoms with van der Waals surface area (Å²) in [6.07, 6.45) is 1.83. The molecule has 1 aromatic heterocycles. The van der Waals surface area contributed by atoms with E-state index in [2.05, 4.69) is 16.0 Å². The molecule has 130 valence electrons. The van der Waals surface area contributed by atoms with E-state index in [1.807, 2.05) is 68.9 Å². The van der Waals surface area contributed by atoms with Gasteiger partial charge >= 0.3 is 7.12 Å². The highest BCUT2D eigenvalue weighted by Gasteiger charge is 2.51. The molecule has 2 heterocycles. The third-order valence-electron chi connectivity index (χ3n) is 5.32. The van der Waals surface area contributed by atoms with E-state index in [9.17, 15) is 0 Å². The first-order valence-electron chi connectivity index (χ1n) is 8.62. The maximum atomic E-state index is 7.21. The molecule has 1 fully saturated rings. The number of nitrogens with zero attached hydrogens (tertiary/aromatic N) is 3. The Morgan fingerprint density at radius 1 is 1.04 bits per heavy atom. The highest BCUT2D eigenvalue weighted by molar-refractivity contribution is 6.62. The van der Waals surface area contributed by atoms with Crippen molar-refractivity contribution in [1.82, 2.24) is 9.78 Å². The quantitative estimate of drug-likeness (QED) is 0.523. The molecule has 0 amide bonds. The van der Waals surface area contributed by atoms with Gasteiger partial charge in [-0.2, -0.15) is 5.10 Å². The van der Waals surface area contributed by atoms with Crippen LogP contribution in [-0.2, 0) is 9.31 Å². The molecule has 0 saturated carbocycles. The van der Waals surface area contributed by atoms with Gasteiger partial charge in [-0.15, -0.1) is 0 Å². The number of rotatable bonds is 2. The van der Waals surface area contributed by atoms with Gasteiger partial charge in [0, 0.05) is 5.39 Å². The molecule has 6 heteroatoms. The van der Waals surface area contributed by atoms with E-state index < -0.39 is 7.12 Å². The summed E-state index contributed by atoms with van der Waals surface area (Å²) in [6, 6.07) is 13.5. The zero-order valence-corrected chi connectivity index (χ0v) is 15.4. The zero-order chi connectivity index (χ0) is 18.5. The van der Waals surface area contributed by atoms with Gasteiger partial charge in [-0.25, -0.2) is 9.53 Å².